The molecule has 2 rings (SSSR count). The number of halogens is 1. The van der Waals surface area contributed by atoms with Crippen LogP contribution in [0.4, 0.5) is 4.39 Å². The van der Waals surface area contributed by atoms with Crippen LogP contribution < -0.4 is 4.72 Å². The molecule has 2 N–H and O–H groups in total. The van der Waals surface area contributed by atoms with Crippen LogP contribution >= 0.6 is 0 Å². The van der Waals surface area contributed by atoms with Crippen LogP contribution in [0.15, 0.2) is 53.4 Å². The molecule has 0 saturated carbocycles. The van der Waals surface area contributed by atoms with Crippen LogP contribution in [0, 0.1) is 17.1 Å². The van der Waals surface area contributed by atoms with Gasteiger partial charge in [-0.05, 0) is 30.0 Å². The Morgan fingerprint density at radius 2 is 1.88 bits per heavy atom. The minimum Gasteiger partial charge on any atom is -0.396 e. The summed E-state index contributed by atoms with van der Waals surface area (Å²) >= 11 is 0. The van der Waals surface area contributed by atoms with Crippen molar-refractivity contribution in [2.75, 3.05) is 13.2 Å². The van der Waals surface area contributed by atoms with E-state index in [9.17, 15) is 17.9 Å². The first-order chi connectivity index (χ1) is 11.5. The van der Waals surface area contributed by atoms with Gasteiger partial charge in [0.05, 0.1) is 0 Å². The van der Waals surface area contributed by atoms with Gasteiger partial charge in [0.2, 0.25) is 10.0 Å². The van der Waals surface area contributed by atoms with Gasteiger partial charge in [0.15, 0.2) is 0 Å². The number of sulfonamides is 1. The van der Waals surface area contributed by atoms with E-state index < -0.39 is 21.4 Å². The first-order valence-electron chi connectivity index (χ1n) is 7.33. The topological polar surface area (TPSA) is 90.2 Å². The lowest BCUT2D eigenvalue weighted by Gasteiger charge is -2.17. The Morgan fingerprint density at radius 3 is 2.50 bits per heavy atom. The largest absolute Gasteiger partial charge is 0.396 e. The highest BCUT2D eigenvalue weighted by molar-refractivity contribution is 7.89. The second kappa shape index (κ2) is 8.02. The van der Waals surface area contributed by atoms with Gasteiger partial charge in [0.25, 0.3) is 0 Å². The summed E-state index contributed by atoms with van der Waals surface area (Å²) in [6, 6.07) is 14.2. The van der Waals surface area contributed by atoms with Crippen molar-refractivity contribution in [1.29, 1.82) is 5.26 Å². The molecule has 0 aliphatic heterocycles. The molecule has 0 bridgehead atoms. The van der Waals surface area contributed by atoms with Crippen LogP contribution in [0.1, 0.15) is 23.5 Å². The van der Waals surface area contributed by atoms with Gasteiger partial charge in [-0.15, -0.1) is 0 Å². The number of nitrogens with zero attached hydrogens (tertiary/aromatic N) is 1. The molecule has 0 radical (unpaired) electrons. The van der Waals surface area contributed by atoms with Gasteiger partial charge in [-0.2, -0.15) is 5.26 Å². The molecule has 0 fully saturated rings. The molecule has 7 heteroatoms. The van der Waals surface area contributed by atoms with Crippen LogP contribution in [-0.2, 0) is 10.0 Å². The zero-order chi connectivity index (χ0) is 17.6. The Balaban J connectivity index is 2.23. The van der Waals surface area contributed by atoms with Crippen molar-refractivity contribution in [2.45, 2.75) is 17.2 Å². The van der Waals surface area contributed by atoms with E-state index in [1.807, 2.05) is 30.3 Å². The quantitative estimate of drug-likeness (QED) is 0.802. The van der Waals surface area contributed by atoms with Crippen molar-refractivity contribution in [3.05, 3.63) is 65.5 Å². The third-order valence-electron chi connectivity index (χ3n) is 3.64. The van der Waals surface area contributed by atoms with Crippen LogP contribution in [0.3, 0.4) is 0 Å². The third-order valence-corrected chi connectivity index (χ3v) is 5.11. The Kier molecular flexibility index (Phi) is 6.04. The highest BCUT2D eigenvalue weighted by atomic mass is 32.2. The molecular formula is C17H17FN2O3S. The maximum Gasteiger partial charge on any atom is 0.242 e. The Hall–Kier alpha value is -2.27. The van der Waals surface area contributed by atoms with Crippen molar-refractivity contribution in [3.63, 3.8) is 0 Å². The molecule has 24 heavy (non-hydrogen) atoms. The Bertz CT molecular complexity index is 833. The molecular weight excluding hydrogens is 331 g/mol. The lowest BCUT2D eigenvalue weighted by atomic mass is 9.96. The van der Waals surface area contributed by atoms with E-state index in [0.717, 1.165) is 11.6 Å². The summed E-state index contributed by atoms with van der Waals surface area (Å²) in [5.41, 5.74) is 0.373. The molecule has 2 aromatic rings. The monoisotopic (exact) mass is 348 g/mol. The zero-order valence-corrected chi connectivity index (χ0v) is 13.6. The summed E-state index contributed by atoms with van der Waals surface area (Å²) < 4.78 is 40.8. The summed E-state index contributed by atoms with van der Waals surface area (Å²) in [5.74, 6) is -1.11. The highest BCUT2D eigenvalue weighted by Gasteiger charge is 2.22. The SMILES string of the molecule is N#Cc1c(F)cccc1S(=O)(=O)NCC(CCO)c1ccccc1. The maximum absolute atomic E-state index is 13.6. The number of hydrogen-bond donors (Lipinski definition) is 2. The smallest absolute Gasteiger partial charge is 0.242 e. The number of hydrogen-bond acceptors (Lipinski definition) is 4. The number of nitrogens with one attached hydrogen (secondary N) is 1. The molecule has 0 heterocycles. The molecule has 0 aliphatic carbocycles. The van der Waals surface area contributed by atoms with Crippen molar-refractivity contribution < 1.29 is 17.9 Å². The number of rotatable bonds is 7. The fourth-order valence-electron chi connectivity index (χ4n) is 2.39. The predicted octanol–water partition coefficient (Wildman–Crippen LogP) is 2.14. The van der Waals surface area contributed by atoms with Crippen molar-refractivity contribution in [2.24, 2.45) is 0 Å². The van der Waals surface area contributed by atoms with Crippen molar-refractivity contribution in [1.82, 2.24) is 4.72 Å². The van der Waals surface area contributed by atoms with Gasteiger partial charge in [-0.3, -0.25) is 0 Å². The molecule has 0 saturated heterocycles. The standard InChI is InChI=1S/C17H17FN2O3S/c18-16-7-4-8-17(15(16)11-19)24(22,23)20-12-14(9-10-21)13-5-2-1-3-6-13/h1-8,14,20-21H,9-10,12H2. The van der Waals surface area contributed by atoms with E-state index in [4.69, 9.17) is 5.26 Å². The number of nitriles is 1. The van der Waals surface area contributed by atoms with Crippen molar-refractivity contribution in [3.8, 4) is 6.07 Å². The van der Waals surface area contributed by atoms with Crippen LogP contribution in [-0.4, -0.2) is 26.7 Å². The summed E-state index contributed by atoms with van der Waals surface area (Å²) in [5, 5.41) is 18.2. The number of aliphatic hydroxyl groups is 1. The highest BCUT2D eigenvalue weighted by Crippen LogP contribution is 2.21. The van der Waals surface area contributed by atoms with Gasteiger partial charge in [-0.25, -0.2) is 17.5 Å². The summed E-state index contributed by atoms with van der Waals surface area (Å²) in [6.07, 6.45) is 0.376. The average molecular weight is 348 g/mol. The molecule has 5 nitrogen and oxygen atoms in total. The first-order valence-corrected chi connectivity index (χ1v) is 8.82. The van der Waals surface area contributed by atoms with Crippen LogP contribution in [0.25, 0.3) is 0 Å². The van der Waals surface area contributed by atoms with E-state index in [0.29, 0.717) is 6.42 Å². The molecule has 0 spiro atoms. The lowest BCUT2D eigenvalue weighted by Crippen LogP contribution is -2.29. The molecule has 0 aromatic heterocycles. The second-order valence-corrected chi connectivity index (χ2v) is 6.93. The van der Waals surface area contributed by atoms with E-state index in [1.54, 1.807) is 6.07 Å². The van der Waals surface area contributed by atoms with Gasteiger partial charge in [-0.1, -0.05) is 36.4 Å². The number of benzene rings is 2. The summed E-state index contributed by atoms with van der Waals surface area (Å²) in [7, 11) is -4.04. The lowest BCUT2D eigenvalue weighted by molar-refractivity contribution is 0.275. The molecule has 126 valence electrons. The maximum atomic E-state index is 13.6. The number of aliphatic hydroxyl groups excluding tert-OH is 1. The molecule has 1 unspecified atom stereocenters. The molecule has 0 aliphatic rings. The van der Waals surface area contributed by atoms with E-state index in [1.165, 1.54) is 12.1 Å². The zero-order valence-electron chi connectivity index (χ0n) is 12.8. The molecule has 1 atom stereocenters. The fraction of sp³-hybridized carbons (Fsp3) is 0.235. The van der Waals surface area contributed by atoms with Crippen LogP contribution in [0.5, 0.6) is 0 Å². The summed E-state index contributed by atoms with van der Waals surface area (Å²) in [4.78, 5) is -0.388. The minimum absolute atomic E-state index is 0.0360. The molecule has 0 amide bonds. The predicted molar refractivity (Wildman–Crippen MR) is 87.2 cm³/mol. The van der Waals surface area contributed by atoms with Gasteiger partial charge < -0.3 is 5.11 Å². The van der Waals surface area contributed by atoms with E-state index in [-0.39, 0.29) is 24.0 Å². The fourth-order valence-corrected chi connectivity index (χ4v) is 3.64. The second-order valence-electron chi connectivity index (χ2n) is 5.20. The third kappa shape index (κ3) is 4.17. The van der Waals surface area contributed by atoms with Gasteiger partial charge in [0, 0.05) is 13.2 Å². The molecule has 2 aromatic carbocycles. The van der Waals surface area contributed by atoms with Gasteiger partial charge in [0.1, 0.15) is 22.3 Å². The average Bonchev–Trinajstić information content (AvgIpc) is 2.59. The normalized spacial score (nSPS) is 12.5. The first kappa shape index (κ1) is 18.1. The van der Waals surface area contributed by atoms with Crippen LogP contribution in [0.2, 0.25) is 0 Å². The van der Waals surface area contributed by atoms with Gasteiger partial charge >= 0.3 is 0 Å². The Morgan fingerprint density at radius 1 is 1.17 bits per heavy atom. The van der Waals surface area contributed by atoms with E-state index in [2.05, 4.69) is 4.72 Å². The summed E-state index contributed by atoms with van der Waals surface area (Å²) in [6.45, 7) is -0.0566. The van der Waals surface area contributed by atoms with Crippen molar-refractivity contribution >= 4 is 10.0 Å². The Labute approximate surface area is 140 Å². The minimum atomic E-state index is -4.04. The van der Waals surface area contributed by atoms with E-state index >= 15 is 0 Å².